The molecule has 0 spiro atoms. The lowest BCUT2D eigenvalue weighted by atomic mass is 9.68. The summed E-state index contributed by atoms with van der Waals surface area (Å²) in [5.41, 5.74) is 1.56. The normalized spacial score (nSPS) is 33.8. The van der Waals surface area contributed by atoms with Gasteiger partial charge in [0, 0.05) is 4.47 Å². The van der Waals surface area contributed by atoms with E-state index < -0.39 is 0 Å². The maximum atomic E-state index is 3.54. The summed E-state index contributed by atoms with van der Waals surface area (Å²) in [6.45, 7) is 2.37. The van der Waals surface area contributed by atoms with Crippen molar-refractivity contribution in [2.75, 3.05) is 0 Å². The molecule has 0 nitrogen and oxygen atoms in total. The average molecular weight is 349 g/mol. The first kappa shape index (κ1) is 15.6. The molecule has 2 aliphatic rings. The van der Waals surface area contributed by atoms with Crippen LogP contribution in [0.3, 0.4) is 0 Å². The molecular formula is C20H29Br. The van der Waals surface area contributed by atoms with Crippen molar-refractivity contribution in [2.24, 2.45) is 17.8 Å². The van der Waals surface area contributed by atoms with Crippen LogP contribution in [0, 0.1) is 17.8 Å². The molecule has 0 N–H and O–H groups in total. The number of halogens is 1. The molecule has 0 saturated heterocycles. The van der Waals surface area contributed by atoms with Crippen molar-refractivity contribution >= 4 is 15.9 Å². The van der Waals surface area contributed by atoms with E-state index in [4.69, 9.17) is 0 Å². The highest BCUT2D eigenvalue weighted by atomic mass is 79.9. The molecule has 2 fully saturated rings. The molecule has 0 amide bonds. The third kappa shape index (κ3) is 3.92. The van der Waals surface area contributed by atoms with Gasteiger partial charge in [0.2, 0.25) is 0 Å². The maximum Gasteiger partial charge on any atom is 0.0175 e. The van der Waals surface area contributed by atoms with Crippen molar-refractivity contribution in [3.63, 3.8) is 0 Å². The first-order valence-electron chi connectivity index (χ1n) is 9.01. The predicted octanol–water partition coefficient (Wildman–Crippen LogP) is 6.94. The Kier molecular flexibility index (Phi) is 5.43. The van der Waals surface area contributed by atoms with E-state index in [0.717, 1.165) is 23.7 Å². The quantitative estimate of drug-likeness (QED) is 0.554. The van der Waals surface area contributed by atoms with Crippen molar-refractivity contribution in [3.8, 4) is 0 Å². The largest absolute Gasteiger partial charge is 0.0651 e. The maximum absolute atomic E-state index is 3.54. The Bertz CT molecular complexity index is 420. The highest BCUT2D eigenvalue weighted by Crippen LogP contribution is 2.44. The highest BCUT2D eigenvalue weighted by Gasteiger charge is 2.30. The number of benzene rings is 1. The molecule has 0 radical (unpaired) electrons. The van der Waals surface area contributed by atoms with E-state index in [-0.39, 0.29) is 0 Å². The molecule has 1 aromatic carbocycles. The fourth-order valence-electron chi connectivity index (χ4n) is 4.73. The van der Waals surface area contributed by atoms with Crippen LogP contribution in [0.4, 0.5) is 0 Å². The van der Waals surface area contributed by atoms with Crippen molar-refractivity contribution in [1.82, 2.24) is 0 Å². The number of hydrogen-bond donors (Lipinski definition) is 0. The van der Waals surface area contributed by atoms with Crippen LogP contribution in [-0.4, -0.2) is 0 Å². The topological polar surface area (TPSA) is 0 Å². The van der Waals surface area contributed by atoms with Crippen LogP contribution in [0.2, 0.25) is 0 Å². The molecule has 1 aromatic rings. The van der Waals surface area contributed by atoms with Gasteiger partial charge in [-0.3, -0.25) is 0 Å². The van der Waals surface area contributed by atoms with E-state index in [1.807, 2.05) is 0 Å². The molecule has 0 atom stereocenters. The van der Waals surface area contributed by atoms with Crippen LogP contribution < -0.4 is 0 Å². The molecule has 3 rings (SSSR count). The summed E-state index contributed by atoms with van der Waals surface area (Å²) in [7, 11) is 0. The summed E-state index contributed by atoms with van der Waals surface area (Å²) < 4.78 is 1.20. The molecule has 0 aliphatic heterocycles. The summed E-state index contributed by atoms with van der Waals surface area (Å²) in [5.74, 6) is 3.95. The van der Waals surface area contributed by atoms with Crippen molar-refractivity contribution in [2.45, 2.75) is 70.6 Å². The average Bonchev–Trinajstić information content (AvgIpc) is 2.56. The molecule has 21 heavy (non-hydrogen) atoms. The first-order valence-corrected chi connectivity index (χ1v) is 9.81. The van der Waals surface area contributed by atoms with Crippen LogP contribution in [0.25, 0.3) is 0 Å². The van der Waals surface area contributed by atoms with Gasteiger partial charge >= 0.3 is 0 Å². The smallest absolute Gasteiger partial charge is 0.0175 e. The Balaban J connectivity index is 1.50. The third-order valence-corrected chi connectivity index (χ3v) is 6.78. The van der Waals surface area contributed by atoms with Gasteiger partial charge in [-0.25, -0.2) is 0 Å². The fourth-order valence-corrected chi connectivity index (χ4v) is 4.99. The first-order chi connectivity index (χ1) is 10.3. The minimum absolute atomic E-state index is 0.821. The molecule has 0 heterocycles. The van der Waals surface area contributed by atoms with Gasteiger partial charge in [-0.1, -0.05) is 54.2 Å². The number of hydrogen-bond acceptors (Lipinski definition) is 0. The van der Waals surface area contributed by atoms with Crippen LogP contribution in [0.1, 0.15) is 76.2 Å². The third-order valence-electron chi connectivity index (χ3n) is 6.25. The second kappa shape index (κ2) is 7.31. The predicted molar refractivity (Wildman–Crippen MR) is 94.6 cm³/mol. The van der Waals surface area contributed by atoms with E-state index in [1.165, 1.54) is 62.3 Å². The summed E-state index contributed by atoms with van der Waals surface area (Å²) in [6.07, 6.45) is 13.2. The fraction of sp³-hybridized carbons (Fsp3) is 0.700. The standard InChI is InChI=1S/C20H29Br/c1-2-15-3-5-16(6-4-15)17-7-9-18(10-8-17)19-11-13-20(21)14-12-19/h11-18H,2-10H2,1H3/t15-,16-,17-,18-. The Labute approximate surface area is 138 Å². The zero-order chi connectivity index (χ0) is 14.7. The monoisotopic (exact) mass is 348 g/mol. The Morgan fingerprint density at radius 3 is 1.86 bits per heavy atom. The zero-order valence-corrected chi connectivity index (χ0v) is 14.9. The molecule has 0 bridgehead atoms. The minimum atomic E-state index is 0.821. The second-order valence-corrected chi connectivity index (χ2v) is 8.27. The highest BCUT2D eigenvalue weighted by molar-refractivity contribution is 9.10. The summed E-state index contributed by atoms with van der Waals surface area (Å²) >= 11 is 3.54. The number of rotatable bonds is 3. The van der Waals surface area contributed by atoms with Gasteiger partial charge in [0.05, 0.1) is 0 Å². The van der Waals surface area contributed by atoms with Crippen molar-refractivity contribution in [3.05, 3.63) is 34.3 Å². The SMILES string of the molecule is CC[C@H]1CC[C@H]([C@H]2CC[C@H](c3ccc(Br)cc3)CC2)CC1. The van der Waals surface area contributed by atoms with Gasteiger partial charge in [-0.15, -0.1) is 0 Å². The summed E-state index contributed by atoms with van der Waals surface area (Å²) in [5, 5.41) is 0. The summed E-state index contributed by atoms with van der Waals surface area (Å²) in [6, 6.07) is 9.05. The zero-order valence-electron chi connectivity index (χ0n) is 13.4. The molecule has 0 unspecified atom stereocenters. The van der Waals surface area contributed by atoms with Gasteiger partial charge in [-0.2, -0.15) is 0 Å². The lowest BCUT2D eigenvalue weighted by Gasteiger charge is -2.38. The van der Waals surface area contributed by atoms with Gasteiger partial charge in [0.25, 0.3) is 0 Å². The van der Waals surface area contributed by atoms with Gasteiger partial charge in [0.15, 0.2) is 0 Å². The van der Waals surface area contributed by atoms with E-state index in [9.17, 15) is 0 Å². The lowest BCUT2D eigenvalue weighted by Crippen LogP contribution is -2.25. The van der Waals surface area contributed by atoms with Crippen LogP contribution in [-0.2, 0) is 0 Å². The van der Waals surface area contributed by atoms with E-state index >= 15 is 0 Å². The van der Waals surface area contributed by atoms with Crippen molar-refractivity contribution < 1.29 is 0 Å². The second-order valence-electron chi connectivity index (χ2n) is 7.35. The van der Waals surface area contributed by atoms with E-state index in [1.54, 1.807) is 5.56 Å². The van der Waals surface area contributed by atoms with Crippen LogP contribution in [0.5, 0.6) is 0 Å². The van der Waals surface area contributed by atoms with E-state index in [0.29, 0.717) is 0 Å². The Morgan fingerprint density at radius 1 is 0.810 bits per heavy atom. The minimum Gasteiger partial charge on any atom is -0.0651 e. The van der Waals surface area contributed by atoms with Gasteiger partial charge in [0.1, 0.15) is 0 Å². The molecule has 116 valence electrons. The lowest BCUT2D eigenvalue weighted by molar-refractivity contribution is 0.158. The molecular weight excluding hydrogens is 320 g/mol. The van der Waals surface area contributed by atoms with Gasteiger partial charge < -0.3 is 0 Å². The Morgan fingerprint density at radius 2 is 1.33 bits per heavy atom. The Hall–Kier alpha value is -0.300. The van der Waals surface area contributed by atoms with Crippen molar-refractivity contribution in [1.29, 1.82) is 0 Å². The molecule has 2 aliphatic carbocycles. The van der Waals surface area contributed by atoms with E-state index in [2.05, 4.69) is 47.1 Å². The molecule has 0 aromatic heterocycles. The molecule has 2 saturated carbocycles. The molecule has 1 heteroatoms. The van der Waals surface area contributed by atoms with Crippen LogP contribution in [0.15, 0.2) is 28.7 Å². The van der Waals surface area contributed by atoms with Gasteiger partial charge in [-0.05, 0) is 79.9 Å². The summed E-state index contributed by atoms with van der Waals surface area (Å²) in [4.78, 5) is 0. The van der Waals surface area contributed by atoms with Crippen LogP contribution >= 0.6 is 15.9 Å².